The van der Waals surface area contributed by atoms with Crippen LogP contribution in [0.25, 0.3) is 0 Å². The molecule has 114 valence electrons. The number of anilines is 1. The average molecular weight is 298 g/mol. The highest BCUT2D eigenvalue weighted by atomic mass is 19.1. The smallest absolute Gasteiger partial charge is 0.257 e. The summed E-state index contributed by atoms with van der Waals surface area (Å²) in [4.78, 5) is 13.8. The summed E-state index contributed by atoms with van der Waals surface area (Å²) in [5.74, 6) is -2.79. The number of nitrogen functional groups attached to an aromatic ring is 1. The van der Waals surface area contributed by atoms with E-state index >= 15 is 0 Å². The molecule has 0 saturated carbocycles. The van der Waals surface area contributed by atoms with Gasteiger partial charge in [-0.2, -0.15) is 0 Å². The predicted octanol–water partition coefficient (Wildman–Crippen LogP) is 1.53. The van der Waals surface area contributed by atoms with Crippen molar-refractivity contribution >= 4 is 11.6 Å². The number of halogens is 2. The van der Waals surface area contributed by atoms with E-state index in [1.807, 2.05) is 0 Å². The van der Waals surface area contributed by atoms with Crippen LogP contribution in [0, 0.1) is 11.6 Å². The zero-order valence-electron chi connectivity index (χ0n) is 11.4. The summed E-state index contributed by atoms with van der Waals surface area (Å²) in [6.07, 6.45) is 1.04. The third-order valence-electron chi connectivity index (χ3n) is 3.92. The van der Waals surface area contributed by atoms with Gasteiger partial charge in [0, 0.05) is 25.9 Å². The van der Waals surface area contributed by atoms with Crippen molar-refractivity contribution in [3.63, 3.8) is 0 Å². The van der Waals surface area contributed by atoms with Crippen molar-refractivity contribution in [2.75, 3.05) is 32.0 Å². The molecule has 1 aromatic rings. The molecule has 0 atom stereocenters. The Morgan fingerprint density at radius 2 is 1.81 bits per heavy atom. The number of nitrogens with two attached hydrogens (primary N) is 1. The first-order valence-corrected chi connectivity index (χ1v) is 6.82. The second-order valence-electron chi connectivity index (χ2n) is 5.26. The molecular formula is C14H16F2N2O3. The Labute approximate surface area is 120 Å². The van der Waals surface area contributed by atoms with E-state index in [1.165, 1.54) is 4.90 Å². The number of benzene rings is 1. The fourth-order valence-electron chi connectivity index (χ4n) is 2.77. The number of carbonyl (C=O) groups is 1. The number of piperidine rings is 1. The highest BCUT2D eigenvalue weighted by Gasteiger charge is 2.41. The Morgan fingerprint density at radius 1 is 1.19 bits per heavy atom. The highest BCUT2D eigenvalue weighted by Crippen LogP contribution is 2.32. The van der Waals surface area contributed by atoms with E-state index < -0.39 is 23.3 Å². The van der Waals surface area contributed by atoms with Crippen LogP contribution in [0.3, 0.4) is 0 Å². The van der Waals surface area contributed by atoms with Gasteiger partial charge in [0.1, 0.15) is 5.82 Å². The number of hydrogen-bond donors (Lipinski definition) is 1. The van der Waals surface area contributed by atoms with Gasteiger partial charge in [0.05, 0.1) is 24.5 Å². The van der Waals surface area contributed by atoms with E-state index in [-0.39, 0.29) is 11.3 Å². The van der Waals surface area contributed by atoms with Crippen LogP contribution in [0.2, 0.25) is 0 Å². The van der Waals surface area contributed by atoms with Crippen LogP contribution in [-0.4, -0.2) is 42.9 Å². The summed E-state index contributed by atoms with van der Waals surface area (Å²) in [6.45, 7) is 1.83. The molecule has 2 fully saturated rings. The van der Waals surface area contributed by atoms with Crippen molar-refractivity contribution in [3.8, 4) is 0 Å². The molecule has 5 nitrogen and oxygen atoms in total. The second kappa shape index (κ2) is 5.23. The van der Waals surface area contributed by atoms with E-state index in [0.717, 1.165) is 12.1 Å². The van der Waals surface area contributed by atoms with Gasteiger partial charge in [0.2, 0.25) is 0 Å². The molecule has 0 aliphatic carbocycles. The van der Waals surface area contributed by atoms with Crippen LogP contribution in [0.1, 0.15) is 23.2 Å². The number of amides is 1. The lowest BCUT2D eigenvalue weighted by Gasteiger charge is -2.37. The minimum absolute atomic E-state index is 0.336. The summed E-state index contributed by atoms with van der Waals surface area (Å²) in [5, 5.41) is 0. The maximum Gasteiger partial charge on any atom is 0.257 e. The van der Waals surface area contributed by atoms with Crippen LogP contribution in [-0.2, 0) is 9.47 Å². The minimum atomic E-state index is -0.880. The van der Waals surface area contributed by atoms with Crippen molar-refractivity contribution in [1.29, 1.82) is 0 Å². The fourth-order valence-corrected chi connectivity index (χ4v) is 2.77. The monoisotopic (exact) mass is 298 g/mol. The predicted molar refractivity (Wildman–Crippen MR) is 70.5 cm³/mol. The number of hydrogen-bond acceptors (Lipinski definition) is 4. The van der Waals surface area contributed by atoms with E-state index in [2.05, 4.69) is 0 Å². The van der Waals surface area contributed by atoms with Crippen LogP contribution in [0.15, 0.2) is 12.1 Å². The van der Waals surface area contributed by atoms with Crippen molar-refractivity contribution in [1.82, 2.24) is 4.90 Å². The van der Waals surface area contributed by atoms with Crippen molar-refractivity contribution in [2.24, 2.45) is 0 Å². The maximum absolute atomic E-state index is 13.9. The first-order chi connectivity index (χ1) is 10.0. The van der Waals surface area contributed by atoms with Gasteiger partial charge in [0.15, 0.2) is 11.6 Å². The number of carbonyl (C=O) groups excluding carboxylic acids is 1. The summed E-state index contributed by atoms with van der Waals surface area (Å²) < 4.78 is 38.3. The molecule has 2 N–H and O–H groups in total. The second-order valence-corrected chi connectivity index (χ2v) is 5.26. The molecule has 0 aromatic heterocycles. The molecule has 2 aliphatic heterocycles. The van der Waals surface area contributed by atoms with E-state index in [9.17, 15) is 13.6 Å². The zero-order valence-corrected chi connectivity index (χ0v) is 11.4. The van der Waals surface area contributed by atoms with Gasteiger partial charge in [-0.05, 0) is 12.1 Å². The standard InChI is InChI=1S/C14H16F2N2O3/c15-9-7-10(12(16)11(17)8-9)13(19)18-3-1-14(2-4-18)20-5-6-21-14/h7-8H,1-6,17H2. The van der Waals surface area contributed by atoms with Crippen molar-refractivity contribution < 1.29 is 23.0 Å². The van der Waals surface area contributed by atoms with Crippen molar-refractivity contribution in [2.45, 2.75) is 18.6 Å². The van der Waals surface area contributed by atoms with Gasteiger partial charge in [-0.25, -0.2) is 8.78 Å². The summed E-state index contributed by atoms with van der Waals surface area (Å²) in [5.41, 5.74) is 4.65. The molecule has 0 unspecified atom stereocenters. The molecule has 3 rings (SSSR count). The van der Waals surface area contributed by atoms with Crippen LogP contribution < -0.4 is 5.73 Å². The van der Waals surface area contributed by atoms with Crippen LogP contribution >= 0.6 is 0 Å². The molecule has 0 bridgehead atoms. The number of ether oxygens (including phenoxy) is 2. The third-order valence-corrected chi connectivity index (χ3v) is 3.92. The van der Waals surface area contributed by atoms with Crippen molar-refractivity contribution in [3.05, 3.63) is 29.3 Å². The van der Waals surface area contributed by atoms with E-state index in [4.69, 9.17) is 15.2 Å². The fraction of sp³-hybridized carbons (Fsp3) is 0.500. The Bertz CT molecular complexity index is 564. The van der Waals surface area contributed by atoms with E-state index in [0.29, 0.717) is 39.1 Å². The Morgan fingerprint density at radius 3 is 2.43 bits per heavy atom. The summed E-state index contributed by atoms with van der Waals surface area (Å²) >= 11 is 0. The topological polar surface area (TPSA) is 64.8 Å². The summed E-state index contributed by atoms with van der Waals surface area (Å²) in [6, 6.07) is 1.73. The molecular weight excluding hydrogens is 282 g/mol. The molecule has 2 saturated heterocycles. The van der Waals surface area contributed by atoms with Gasteiger partial charge in [-0.3, -0.25) is 4.79 Å². The van der Waals surface area contributed by atoms with Gasteiger partial charge >= 0.3 is 0 Å². The SMILES string of the molecule is Nc1cc(F)cc(C(=O)N2CCC3(CC2)OCCO3)c1F. The van der Waals surface area contributed by atoms with Crippen LogP contribution in [0.5, 0.6) is 0 Å². The lowest BCUT2D eigenvalue weighted by atomic mass is 10.0. The van der Waals surface area contributed by atoms with Gasteiger partial charge in [-0.15, -0.1) is 0 Å². The Hall–Kier alpha value is -1.73. The number of rotatable bonds is 1. The maximum atomic E-state index is 13.9. The Kier molecular flexibility index (Phi) is 3.54. The summed E-state index contributed by atoms with van der Waals surface area (Å²) in [7, 11) is 0. The lowest BCUT2D eigenvalue weighted by Crippen LogP contribution is -2.47. The number of likely N-dealkylation sites (tertiary alicyclic amines) is 1. The highest BCUT2D eigenvalue weighted by molar-refractivity contribution is 5.95. The lowest BCUT2D eigenvalue weighted by molar-refractivity contribution is -0.181. The van der Waals surface area contributed by atoms with E-state index in [1.54, 1.807) is 0 Å². The minimum Gasteiger partial charge on any atom is -0.396 e. The van der Waals surface area contributed by atoms with Gasteiger partial charge in [0.25, 0.3) is 5.91 Å². The molecule has 1 amide bonds. The molecule has 21 heavy (non-hydrogen) atoms. The largest absolute Gasteiger partial charge is 0.396 e. The third kappa shape index (κ3) is 2.58. The van der Waals surface area contributed by atoms with Gasteiger partial charge in [-0.1, -0.05) is 0 Å². The quantitative estimate of drug-likeness (QED) is 0.799. The average Bonchev–Trinajstić information content (AvgIpc) is 2.91. The first kappa shape index (κ1) is 14.2. The van der Waals surface area contributed by atoms with Crippen LogP contribution in [0.4, 0.5) is 14.5 Å². The molecule has 2 aliphatic rings. The first-order valence-electron chi connectivity index (χ1n) is 6.82. The number of nitrogens with zero attached hydrogens (tertiary/aromatic N) is 1. The molecule has 7 heteroatoms. The molecule has 0 radical (unpaired) electrons. The zero-order chi connectivity index (χ0) is 15.0. The molecule has 2 heterocycles. The molecule has 1 spiro atoms. The molecule has 1 aromatic carbocycles. The normalized spacial score (nSPS) is 21.0. The Balaban J connectivity index is 1.75. The van der Waals surface area contributed by atoms with Gasteiger partial charge < -0.3 is 20.1 Å².